The number of ether oxygens (including phenoxy) is 1. The summed E-state index contributed by atoms with van der Waals surface area (Å²) in [5.74, 6) is 0.430. The summed E-state index contributed by atoms with van der Waals surface area (Å²) in [7, 11) is 1.47. The highest BCUT2D eigenvalue weighted by Gasteiger charge is 2.22. The van der Waals surface area contributed by atoms with Gasteiger partial charge in [-0.25, -0.2) is 0 Å². The van der Waals surface area contributed by atoms with Crippen molar-refractivity contribution in [3.05, 3.63) is 28.3 Å². The van der Waals surface area contributed by atoms with E-state index in [1.165, 1.54) is 19.2 Å². The monoisotopic (exact) mass is 268 g/mol. The molecule has 0 radical (unpaired) electrons. The van der Waals surface area contributed by atoms with Gasteiger partial charge in [0.2, 0.25) is 0 Å². The van der Waals surface area contributed by atoms with Crippen LogP contribution < -0.4 is 10.1 Å². The number of aliphatic hydroxyl groups excluding tert-OH is 1. The first-order valence-electron chi connectivity index (χ1n) is 6.16. The number of rotatable bonds is 7. The molecule has 1 aromatic rings. The van der Waals surface area contributed by atoms with Crippen molar-refractivity contribution in [3.63, 3.8) is 0 Å². The lowest BCUT2D eigenvalue weighted by Crippen LogP contribution is -2.35. The predicted molar refractivity (Wildman–Crippen MR) is 73.7 cm³/mol. The molecule has 0 aliphatic rings. The fourth-order valence-electron chi connectivity index (χ4n) is 1.80. The molecule has 0 aliphatic carbocycles. The van der Waals surface area contributed by atoms with Gasteiger partial charge in [0.05, 0.1) is 18.1 Å². The zero-order valence-corrected chi connectivity index (χ0v) is 11.5. The SMILES string of the molecule is CCC(C)(CCO)Nc1cc(OC)cc([N+](=O)[O-])c1. The van der Waals surface area contributed by atoms with E-state index in [-0.39, 0.29) is 17.8 Å². The van der Waals surface area contributed by atoms with Crippen molar-refractivity contribution in [1.82, 2.24) is 0 Å². The Morgan fingerprint density at radius 1 is 1.47 bits per heavy atom. The van der Waals surface area contributed by atoms with Crippen LogP contribution in [-0.4, -0.2) is 29.3 Å². The number of nitrogens with one attached hydrogen (secondary N) is 1. The average molecular weight is 268 g/mol. The minimum Gasteiger partial charge on any atom is -0.496 e. The van der Waals surface area contributed by atoms with Crippen molar-refractivity contribution in [2.75, 3.05) is 19.0 Å². The molecular weight excluding hydrogens is 248 g/mol. The zero-order chi connectivity index (χ0) is 14.5. The van der Waals surface area contributed by atoms with E-state index in [2.05, 4.69) is 5.32 Å². The van der Waals surface area contributed by atoms with Crippen LogP contribution in [-0.2, 0) is 0 Å². The normalized spacial score (nSPS) is 13.7. The van der Waals surface area contributed by atoms with Gasteiger partial charge in [0, 0.05) is 30.0 Å². The first-order chi connectivity index (χ1) is 8.94. The molecule has 1 rings (SSSR count). The number of hydrogen-bond acceptors (Lipinski definition) is 5. The van der Waals surface area contributed by atoms with E-state index >= 15 is 0 Å². The molecule has 6 heteroatoms. The molecule has 0 saturated carbocycles. The van der Waals surface area contributed by atoms with E-state index in [1.54, 1.807) is 6.07 Å². The molecule has 0 bridgehead atoms. The second-order valence-electron chi connectivity index (χ2n) is 4.69. The third-order valence-corrected chi connectivity index (χ3v) is 3.23. The Labute approximate surface area is 112 Å². The van der Waals surface area contributed by atoms with E-state index in [1.807, 2.05) is 13.8 Å². The van der Waals surface area contributed by atoms with Crippen LogP contribution in [0, 0.1) is 10.1 Å². The molecule has 0 spiro atoms. The van der Waals surface area contributed by atoms with Gasteiger partial charge >= 0.3 is 0 Å². The lowest BCUT2D eigenvalue weighted by Gasteiger charge is -2.30. The number of non-ortho nitro benzene ring substituents is 1. The maximum atomic E-state index is 10.9. The fraction of sp³-hybridized carbons (Fsp3) is 0.538. The van der Waals surface area contributed by atoms with Crippen molar-refractivity contribution in [2.24, 2.45) is 0 Å². The number of hydrogen-bond donors (Lipinski definition) is 2. The molecule has 0 fully saturated rings. The van der Waals surface area contributed by atoms with Crippen LogP contribution in [0.4, 0.5) is 11.4 Å². The molecular formula is C13H20N2O4. The number of nitro groups is 1. The first-order valence-corrected chi connectivity index (χ1v) is 6.16. The standard InChI is InChI=1S/C13H20N2O4/c1-4-13(2,5-6-16)14-10-7-11(15(17)18)9-12(8-10)19-3/h7-9,14,16H,4-6H2,1-3H3. The van der Waals surface area contributed by atoms with Gasteiger partial charge < -0.3 is 15.2 Å². The summed E-state index contributed by atoms with van der Waals surface area (Å²) in [6, 6.07) is 4.55. The lowest BCUT2D eigenvalue weighted by atomic mass is 9.94. The summed E-state index contributed by atoms with van der Waals surface area (Å²) in [4.78, 5) is 10.4. The van der Waals surface area contributed by atoms with Gasteiger partial charge in [0.25, 0.3) is 5.69 Å². The van der Waals surface area contributed by atoms with Gasteiger partial charge in [-0.2, -0.15) is 0 Å². The molecule has 19 heavy (non-hydrogen) atoms. The highest BCUT2D eigenvalue weighted by Crippen LogP contribution is 2.29. The molecule has 0 saturated heterocycles. The minimum atomic E-state index is -0.455. The third-order valence-electron chi connectivity index (χ3n) is 3.23. The van der Waals surface area contributed by atoms with Crippen LogP contribution in [0.5, 0.6) is 5.75 Å². The largest absolute Gasteiger partial charge is 0.496 e. The van der Waals surface area contributed by atoms with Gasteiger partial charge in [-0.15, -0.1) is 0 Å². The second-order valence-corrected chi connectivity index (χ2v) is 4.69. The van der Waals surface area contributed by atoms with Gasteiger partial charge in [-0.1, -0.05) is 6.92 Å². The van der Waals surface area contributed by atoms with Crippen LogP contribution in [0.15, 0.2) is 18.2 Å². The average Bonchev–Trinajstić information content (AvgIpc) is 2.38. The number of aliphatic hydroxyl groups is 1. The predicted octanol–water partition coefficient (Wildman–Crippen LogP) is 2.57. The summed E-state index contributed by atoms with van der Waals surface area (Å²) in [6.45, 7) is 4.02. The summed E-state index contributed by atoms with van der Waals surface area (Å²) in [5.41, 5.74) is 0.280. The molecule has 6 nitrogen and oxygen atoms in total. The van der Waals surface area contributed by atoms with Gasteiger partial charge in [0.1, 0.15) is 5.75 Å². The number of methoxy groups -OCH3 is 1. The van der Waals surface area contributed by atoms with Gasteiger partial charge in [-0.05, 0) is 19.8 Å². The Balaban J connectivity index is 3.05. The molecule has 2 N–H and O–H groups in total. The van der Waals surface area contributed by atoms with E-state index in [0.717, 1.165) is 6.42 Å². The fourth-order valence-corrected chi connectivity index (χ4v) is 1.80. The van der Waals surface area contributed by atoms with Crippen molar-refractivity contribution in [2.45, 2.75) is 32.2 Å². The Morgan fingerprint density at radius 3 is 2.63 bits per heavy atom. The maximum Gasteiger partial charge on any atom is 0.275 e. The molecule has 0 aromatic heterocycles. The molecule has 106 valence electrons. The van der Waals surface area contributed by atoms with Crippen molar-refractivity contribution in [3.8, 4) is 5.75 Å². The second kappa shape index (κ2) is 6.38. The summed E-state index contributed by atoms with van der Waals surface area (Å²) < 4.78 is 5.06. The molecule has 1 aromatic carbocycles. The molecule has 0 heterocycles. The van der Waals surface area contributed by atoms with Crippen LogP contribution >= 0.6 is 0 Å². The lowest BCUT2D eigenvalue weighted by molar-refractivity contribution is -0.384. The highest BCUT2D eigenvalue weighted by molar-refractivity contribution is 5.57. The van der Waals surface area contributed by atoms with Gasteiger partial charge in [-0.3, -0.25) is 10.1 Å². The Hall–Kier alpha value is -1.82. The van der Waals surface area contributed by atoms with Crippen LogP contribution in [0.3, 0.4) is 0 Å². The first kappa shape index (κ1) is 15.2. The Kier molecular flexibility index (Phi) is 5.11. The van der Waals surface area contributed by atoms with Crippen molar-refractivity contribution < 1.29 is 14.8 Å². The quantitative estimate of drug-likeness (QED) is 0.586. The minimum absolute atomic E-state index is 0.0238. The van der Waals surface area contributed by atoms with Crippen LogP contribution in [0.2, 0.25) is 0 Å². The van der Waals surface area contributed by atoms with Crippen molar-refractivity contribution >= 4 is 11.4 Å². The summed E-state index contributed by atoms with van der Waals surface area (Å²) >= 11 is 0. The smallest absolute Gasteiger partial charge is 0.275 e. The van der Waals surface area contributed by atoms with E-state index in [0.29, 0.717) is 17.9 Å². The van der Waals surface area contributed by atoms with Crippen LogP contribution in [0.1, 0.15) is 26.7 Å². The highest BCUT2D eigenvalue weighted by atomic mass is 16.6. The zero-order valence-electron chi connectivity index (χ0n) is 11.5. The molecule has 0 amide bonds. The van der Waals surface area contributed by atoms with E-state index < -0.39 is 4.92 Å². The Morgan fingerprint density at radius 2 is 2.16 bits per heavy atom. The third kappa shape index (κ3) is 4.10. The molecule has 1 unspecified atom stereocenters. The number of nitrogens with zero attached hydrogens (tertiary/aromatic N) is 1. The summed E-state index contributed by atoms with van der Waals surface area (Å²) in [6.07, 6.45) is 1.35. The molecule has 1 atom stereocenters. The number of anilines is 1. The maximum absolute atomic E-state index is 10.9. The van der Waals surface area contributed by atoms with Gasteiger partial charge in [0.15, 0.2) is 0 Å². The topological polar surface area (TPSA) is 84.6 Å². The number of benzene rings is 1. The van der Waals surface area contributed by atoms with E-state index in [4.69, 9.17) is 9.84 Å². The van der Waals surface area contributed by atoms with Crippen molar-refractivity contribution in [1.29, 1.82) is 0 Å². The number of nitro benzene ring substituents is 1. The Bertz CT molecular complexity index is 450. The molecule has 0 aliphatic heterocycles. The van der Waals surface area contributed by atoms with Crippen LogP contribution in [0.25, 0.3) is 0 Å². The van der Waals surface area contributed by atoms with E-state index in [9.17, 15) is 10.1 Å². The summed E-state index contributed by atoms with van der Waals surface area (Å²) in [5, 5.41) is 23.2.